The van der Waals surface area contributed by atoms with Gasteiger partial charge in [-0.15, -0.1) is 0 Å². The lowest BCUT2D eigenvalue weighted by atomic mass is 10.1. The number of aryl methyl sites for hydroxylation is 2. The molecule has 1 aromatic rings. The lowest BCUT2D eigenvalue weighted by molar-refractivity contribution is 0.324. The molecule has 0 aliphatic rings. The average Bonchev–Trinajstić information content (AvgIpc) is 2.02. The van der Waals surface area contributed by atoms with Crippen molar-refractivity contribution >= 4 is 22.6 Å². The van der Waals surface area contributed by atoms with E-state index in [0.717, 1.165) is 5.75 Å². The zero-order chi connectivity index (χ0) is 9.84. The van der Waals surface area contributed by atoms with E-state index in [4.69, 9.17) is 10.5 Å². The van der Waals surface area contributed by atoms with Gasteiger partial charge in [-0.25, -0.2) is 0 Å². The molecule has 0 amide bonds. The zero-order valence-electron chi connectivity index (χ0n) is 7.93. The Kier molecular flexibility index (Phi) is 3.99. The van der Waals surface area contributed by atoms with Gasteiger partial charge in [0.05, 0.1) is 0 Å². The molecule has 1 rings (SSSR count). The monoisotopic (exact) mass is 291 g/mol. The molecule has 2 N–H and O–H groups in total. The second-order valence-corrected chi connectivity index (χ2v) is 4.25. The molecule has 0 saturated heterocycles. The fourth-order valence-electron chi connectivity index (χ4n) is 1.29. The van der Waals surface area contributed by atoms with Crippen LogP contribution in [0.4, 0.5) is 0 Å². The highest BCUT2D eigenvalue weighted by molar-refractivity contribution is 14.1. The number of benzene rings is 1. The highest BCUT2D eigenvalue weighted by Crippen LogP contribution is 2.25. The van der Waals surface area contributed by atoms with Gasteiger partial charge in [0.1, 0.15) is 12.4 Å². The van der Waals surface area contributed by atoms with Crippen molar-refractivity contribution in [2.45, 2.75) is 13.8 Å². The maximum absolute atomic E-state index is 5.54. The molecule has 0 radical (unpaired) electrons. The lowest BCUT2D eigenvalue weighted by Crippen LogP contribution is -2.11. The first-order valence-corrected chi connectivity index (χ1v) is 5.32. The normalized spacial score (nSPS) is 10.2. The molecule has 0 heterocycles. The summed E-state index contributed by atoms with van der Waals surface area (Å²) in [6, 6.07) is 4.22. The maximum Gasteiger partial charge on any atom is 0.125 e. The van der Waals surface area contributed by atoms with Crippen LogP contribution in [-0.2, 0) is 0 Å². The van der Waals surface area contributed by atoms with Crippen LogP contribution in [0.1, 0.15) is 11.1 Å². The molecule has 2 nitrogen and oxygen atoms in total. The van der Waals surface area contributed by atoms with Crippen molar-refractivity contribution < 1.29 is 4.74 Å². The van der Waals surface area contributed by atoms with E-state index >= 15 is 0 Å². The Balaban J connectivity index is 2.92. The van der Waals surface area contributed by atoms with Crippen LogP contribution >= 0.6 is 22.6 Å². The Morgan fingerprint density at radius 3 is 2.31 bits per heavy atom. The van der Waals surface area contributed by atoms with Crippen LogP contribution in [0.5, 0.6) is 5.75 Å². The summed E-state index contributed by atoms with van der Waals surface area (Å²) >= 11 is 2.31. The van der Waals surface area contributed by atoms with Gasteiger partial charge in [-0.3, -0.25) is 0 Å². The molecule has 0 aromatic heterocycles. The van der Waals surface area contributed by atoms with E-state index in [1.54, 1.807) is 0 Å². The van der Waals surface area contributed by atoms with Crippen molar-refractivity contribution in [2.24, 2.45) is 5.73 Å². The smallest absolute Gasteiger partial charge is 0.125 e. The van der Waals surface area contributed by atoms with Crippen LogP contribution in [0.25, 0.3) is 0 Å². The highest BCUT2D eigenvalue weighted by Gasteiger charge is 2.04. The summed E-state index contributed by atoms with van der Waals surface area (Å²) in [5.41, 5.74) is 7.74. The highest BCUT2D eigenvalue weighted by atomic mass is 127. The van der Waals surface area contributed by atoms with Crippen molar-refractivity contribution in [2.75, 3.05) is 13.2 Å². The largest absolute Gasteiger partial charge is 0.492 e. The van der Waals surface area contributed by atoms with Crippen LogP contribution in [0.15, 0.2) is 12.1 Å². The number of halogens is 1. The molecule has 13 heavy (non-hydrogen) atoms. The van der Waals surface area contributed by atoms with Gasteiger partial charge in [-0.1, -0.05) is 0 Å². The molecule has 0 aliphatic heterocycles. The molecule has 0 aliphatic carbocycles. The molecule has 0 fully saturated rings. The molecule has 0 atom stereocenters. The molecular formula is C10H14INO. The number of rotatable bonds is 3. The third-order valence-electron chi connectivity index (χ3n) is 1.79. The molecule has 0 unspecified atom stereocenters. The van der Waals surface area contributed by atoms with Gasteiger partial charge >= 0.3 is 0 Å². The Hall–Kier alpha value is -0.290. The van der Waals surface area contributed by atoms with E-state index in [0.29, 0.717) is 13.2 Å². The molecule has 0 spiro atoms. The summed E-state index contributed by atoms with van der Waals surface area (Å²) in [5.74, 6) is 0.978. The molecule has 0 saturated carbocycles. The Morgan fingerprint density at radius 2 is 1.85 bits per heavy atom. The van der Waals surface area contributed by atoms with E-state index in [9.17, 15) is 0 Å². The van der Waals surface area contributed by atoms with Crippen molar-refractivity contribution in [3.05, 3.63) is 26.8 Å². The van der Waals surface area contributed by atoms with E-state index in [-0.39, 0.29) is 0 Å². The van der Waals surface area contributed by atoms with Gasteiger partial charge in [0.15, 0.2) is 0 Å². The number of nitrogens with two attached hydrogens (primary N) is 1. The van der Waals surface area contributed by atoms with Crippen LogP contribution < -0.4 is 10.5 Å². The van der Waals surface area contributed by atoms with Gasteiger partial charge in [-0.2, -0.15) is 0 Å². The van der Waals surface area contributed by atoms with Gasteiger partial charge in [0.25, 0.3) is 0 Å². The van der Waals surface area contributed by atoms with Gasteiger partial charge in [0.2, 0.25) is 0 Å². The molecular weight excluding hydrogens is 277 g/mol. The first kappa shape index (κ1) is 10.8. The summed E-state index contributed by atoms with van der Waals surface area (Å²) < 4.78 is 6.79. The Morgan fingerprint density at radius 1 is 1.31 bits per heavy atom. The average molecular weight is 291 g/mol. The van der Waals surface area contributed by atoms with E-state index in [1.807, 2.05) is 0 Å². The van der Waals surface area contributed by atoms with Crippen molar-refractivity contribution in [1.82, 2.24) is 0 Å². The maximum atomic E-state index is 5.54. The van der Waals surface area contributed by atoms with Crippen molar-refractivity contribution in [1.29, 1.82) is 0 Å². The van der Waals surface area contributed by atoms with Crippen LogP contribution in [-0.4, -0.2) is 13.2 Å². The van der Waals surface area contributed by atoms with E-state index in [1.165, 1.54) is 14.7 Å². The first-order chi connectivity index (χ1) is 6.15. The molecule has 3 heteroatoms. The minimum Gasteiger partial charge on any atom is -0.492 e. The standard InChI is InChI=1S/C10H14INO/c1-7-5-9(11)6-8(2)10(7)13-4-3-12/h5-6H,3-4,12H2,1-2H3. The zero-order valence-corrected chi connectivity index (χ0v) is 10.1. The molecule has 0 bridgehead atoms. The Labute approximate surface area is 92.6 Å². The van der Waals surface area contributed by atoms with Crippen LogP contribution in [0, 0.1) is 17.4 Å². The van der Waals surface area contributed by atoms with Gasteiger partial charge in [0, 0.05) is 10.1 Å². The summed E-state index contributed by atoms with van der Waals surface area (Å²) in [5, 5.41) is 0. The van der Waals surface area contributed by atoms with Gasteiger partial charge in [-0.05, 0) is 59.7 Å². The van der Waals surface area contributed by atoms with E-state index in [2.05, 4.69) is 48.6 Å². The second-order valence-electron chi connectivity index (χ2n) is 3.01. The topological polar surface area (TPSA) is 35.2 Å². The van der Waals surface area contributed by atoms with Crippen LogP contribution in [0.3, 0.4) is 0 Å². The van der Waals surface area contributed by atoms with E-state index < -0.39 is 0 Å². The van der Waals surface area contributed by atoms with Crippen molar-refractivity contribution in [3.8, 4) is 5.75 Å². The fraction of sp³-hybridized carbons (Fsp3) is 0.400. The summed E-state index contributed by atoms with van der Waals surface area (Å²) in [4.78, 5) is 0. The van der Waals surface area contributed by atoms with Crippen LogP contribution in [0.2, 0.25) is 0 Å². The quantitative estimate of drug-likeness (QED) is 0.867. The minimum absolute atomic E-state index is 0.560. The molecule has 72 valence electrons. The lowest BCUT2D eigenvalue weighted by Gasteiger charge is -2.11. The van der Waals surface area contributed by atoms with Crippen molar-refractivity contribution in [3.63, 3.8) is 0 Å². The summed E-state index contributed by atoms with van der Waals surface area (Å²) in [7, 11) is 0. The minimum atomic E-state index is 0.560. The Bertz CT molecular complexity index is 276. The first-order valence-electron chi connectivity index (χ1n) is 4.24. The predicted molar refractivity (Wildman–Crippen MR) is 63.2 cm³/mol. The summed E-state index contributed by atoms with van der Waals surface area (Å²) in [6.07, 6.45) is 0. The SMILES string of the molecule is Cc1cc(I)cc(C)c1OCCN. The second kappa shape index (κ2) is 4.81. The number of hydrogen-bond acceptors (Lipinski definition) is 2. The summed E-state index contributed by atoms with van der Waals surface area (Å²) in [6.45, 7) is 5.26. The van der Waals surface area contributed by atoms with Gasteiger partial charge < -0.3 is 10.5 Å². The fourth-order valence-corrected chi connectivity index (χ4v) is 2.22. The number of ether oxygens (including phenoxy) is 1. The molecule has 1 aromatic carbocycles. The predicted octanol–water partition coefficient (Wildman–Crippen LogP) is 2.25. The third kappa shape index (κ3) is 2.84. The number of hydrogen-bond donors (Lipinski definition) is 1. The third-order valence-corrected chi connectivity index (χ3v) is 2.41.